The van der Waals surface area contributed by atoms with Gasteiger partial charge in [-0.2, -0.15) is 0 Å². The Labute approximate surface area is 113 Å². The first-order valence-electron chi connectivity index (χ1n) is 6.91. The molecule has 3 heteroatoms. The minimum atomic E-state index is 0.0652. The van der Waals surface area contributed by atoms with Crippen molar-refractivity contribution in [1.29, 1.82) is 0 Å². The molecule has 0 spiro atoms. The van der Waals surface area contributed by atoms with E-state index < -0.39 is 0 Å². The lowest BCUT2D eigenvalue weighted by Crippen LogP contribution is -2.20. The predicted octanol–water partition coefficient (Wildman–Crippen LogP) is 2.89. The van der Waals surface area contributed by atoms with E-state index in [4.69, 9.17) is 0 Å². The maximum atomic E-state index is 12.6. The highest BCUT2D eigenvalue weighted by atomic mass is 16.1. The van der Waals surface area contributed by atoms with Gasteiger partial charge in [-0.15, -0.1) is 0 Å². The smallest absolute Gasteiger partial charge is 0.201 e. The Morgan fingerprint density at radius 1 is 1.32 bits per heavy atom. The zero-order valence-electron chi connectivity index (χ0n) is 11.2. The van der Waals surface area contributed by atoms with E-state index >= 15 is 0 Å². The molecule has 1 aliphatic rings. The molecule has 0 atom stereocenters. The number of imidazole rings is 1. The van der Waals surface area contributed by atoms with Crippen LogP contribution in [0.2, 0.25) is 0 Å². The minimum Gasteiger partial charge on any atom is -0.329 e. The van der Waals surface area contributed by atoms with Crippen molar-refractivity contribution >= 4 is 5.78 Å². The van der Waals surface area contributed by atoms with E-state index in [9.17, 15) is 4.79 Å². The van der Waals surface area contributed by atoms with Crippen LogP contribution in [0.1, 0.15) is 35.1 Å². The summed E-state index contributed by atoms with van der Waals surface area (Å²) in [6.07, 6.45) is 6.35. The average molecular weight is 254 g/mol. The first-order valence-corrected chi connectivity index (χ1v) is 6.91. The molecule has 98 valence electrons. The molecule has 3 nitrogen and oxygen atoms in total. The topological polar surface area (TPSA) is 34.9 Å². The third kappa shape index (κ3) is 2.21. The van der Waals surface area contributed by atoms with Crippen molar-refractivity contribution < 1.29 is 4.79 Å². The summed E-state index contributed by atoms with van der Waals surface area (Å²) in [6, 6.07) is 8.34. The van der Waals surface area contributed by atoms with Gasteiger partial charge in [0.1, 0.15) is 0 Å². The fourth-order valence-corrected chi connectivity index (χ4v) is 2.88. The fourth-order valence-electron chi connectivity index (χ4n) is 2.88. The Kier molecular flexibility index (Phi) is 3.20. The van der Waals surface area contributed by atoms with Gasteiger partial charge in [-0.05, 0) is 30.4 Å². The number of hydrogen-bond donors (Lipinski definition) is 0. The van der Waals surface area contributed by atoms with Crippen LogP contribution < -0.4 is 0 Å². The molecule has 0 aliphatic heterocycles. The van der Waals surface area contributed by atoms with E-state index in [1.165, 1.54) is 11.1 Å². The molecule has 0 fully saturated rings. The van der Waals surface area contributed by atoms with Crippen molar-refractivity contribution in [3.8, 4) is 0 Å². The van der Waals surface area contributed by atoms with Gasteiger partial charge in [0, 0.05) is 24.9 Å². The number of carbonyl (C=O) groups excluding carboxylic acids is 1. The summed E-state index contributed by atoms with van der Waals surface area (Å²) in [6.45, 7) is 2.97. The van der Waals surface area contributed by atoms with Crippen molar-refractivity contribution in [1.82, 2.24) is 9.55 Å². The van der Waals surface area contributed by atoms with Gasteiger partial charge >= 0.3 is 0 Å². The zero-order valence-corrected chi connectivity index (χ0v) is 11.2. The molecule has 0 saturated carbocycles. The van der Waals surface area contributed by atoms with Crippen molar-refractivity contribution in [2.75, 3.05) is 0 Å². The molecular formula is C16H18N2O. The molecule has 1 aromatic carbocycles. The molecule has 2 aromatic rings. The molecule has 1 aliphatic carbocycles. The highest BCUT2D eigenvalue weighted by Gasteiger charge is 2.29. The molecule has 1 aromatic heterocycles. The summed E-state index contributed by atoms with van der Waals surface area (Å²) in [5.41, 5.74) is 2.63. The second-order valence-corrected chi connectivity index (χ2v) is 5.18. The number of ketones is 1. The lowest BCUT2D eigenvalue weighted by atomic mass is 10.0. The van der Waals surface area contributed by atoms with Crippen LogP contribution in [0, 0.1) is 5.92 Å². The number of nitrogens with zero attached hydrogens (tertiary/aromatic N) is 2. The molecule has 1 heterocycles. The fraction of sp³-hybridized carbons (Fsp3) is 0.375. The van der Waals surface area contributed by atoms with Gasteiger partial charge in [0.25, 0.3) is 0 Å². The molecule has 0 radical (unpaired) electrons. The monoisotopic (exact) mass is 254 g/mol. The number of rotatable bonds is 4. The quantitative estimate of drug-likeness (QED) is 0.786. The van der Waals surface area contributed by atoms with E-state index in [-0.39, 0.29) is 11.7 Å². The van der Waals surface area contributed by atoms with E-state index in [2.05, 4.69) is 24.0 Å². The molecule has 0 unspecified atom stereocenters. The maximum Gasteiger partial charge on any atom is 0.201 e. The Balaban J connectivity index is 1.81. The number of carbonyl (C=O) groups is 1. The standard InChI is InChI=1S/C16H18N2O/c1-2-8-18-9-7-17-16(18)15(19)14-10-12-5-3-4-6-13(12)11-14/h3-7,9,14H,2,8,10-11H2,1H3. The summed E-state index contributed by atoms with van der Waals surface area (Å²) < 4.78 is 1.98. The molecule has 0 N–H and O–H groups in total. The number of Topliss-reactive ketones (excluding diaryl/α,β-unsaturated/α-hetero) is 1. The van der Waals surface area contributed by atoms with Gasteiger partial charge in [0.05, 0.1) is 0 Å². The van der Waals surface area contributed by atoms with Crippen LogP contribution in [-0.4, -0.2) is 15.3 Å². The SMILES string of the molecule is CCCn1ccnc1C(=O)C1Cc2ccccc2C1. The number of aryl methyl sites for hydroxylation is 1. The first-order chi connectivity index (χ1) is 9.29. The van der Waals surface area contributed by atoms with Crippen LogP contribution in [0.25, 0.3) is 0 Å². The second-order valence-electron chi connectivity index (χ2n) is 5.18. The first kappa shape index (κ1) is 12.2. The van der Waals surface area contributed by atoms with E-state index in [1.54, 1.807) is 6.20 Å². The third-order valence-electron chi connectivity index (χ3n) is 3.82. The molecule has 0 amide bonds. The Hall–Kier alpha value is -1.90. The normalized spacial score (nSPS) is 14.6. The molecule has 0 bridgehead atoms. The van der Waals surface area contributed by atoms with E-state index in [0.717, 1.165) is 25.8 Å². The van der Waals surface area contributed by atoms with Crippen molar-refractivity contribution in [3.05, 3.63) is 53.6 Å². The highest BCUT2D eigenvalue weighted by molar-refractivity contribution is 5.95. The molecular weight excluding hydrogens is 236 g/mol. The third-order valence-corrected chi connectivity index (χ3v) is 3.82. The van der Waals surface area contributed by atoms with E-state index in [1.807, 2.05) is 22.9 Å². The predicted molar refractivity (Wildman–Crippen MR) is 74.2 cm³/mol. The summed E-state index contributed by atoms with van der Waals surface area (Å²) in [5.74, 6) is 0.879. The van der Waals surface area contributed by atoms with Gasteiger partial charge in [-0.1, -0.05) is 31.2 Å². The van der Waals surface area contributed by atoms with Crippen molar-refractivity contribution in [2.24, 2.45) is 5.92 Å². The van der Waals surface area contributed by atoms with Gasteiger partial charge in [-0.3, -0.25) is 4.79 Å². The largest absolute Gasteiger partial charge is 0.329 e. The van der Waals surface area contributed by atoms with Gasteiger partial charge in [0.15, 0.2) is 5.82 Å². The maximum absolute atomic E-state index is 12.6. The van der Waals surface area contributed by atoms with Crippen LogP contribution in [0.5, 0.6) is 0 Å². The zero-order chi connectivity index (χ0) is 13.2. The Morgan fingerprint density at radius 2 is 2.00 bits per heavy atom. The molecule has 19 heavy (non-hydrogen) atoms. The second kappa shape index (κ2) is 5.00. The van der Waals surface area contributed by atoms with Gasteiger partial charge in [-0.25, -0.2) is 4.98 Å². The van der Waals surface area contributed by atoms with Gasteiger partial charge < -0.3 is 4.57 Å². The highest BCUT2D eigenvalue weighted by Crippen LogP contribution is 2.28. The van der Waals surface area contributed by atoms with Crippen LogP contribution in [0.15, 0.2) is 36.7 Å². The summed E-state index contributed by atoms with van der Waals surface area (Å²) in [5, 5.41) is 0. The van der Waals surface area contributed by atoms with Crippen molar-refractivity contribution in [3.63, 3.8) is 0 Å². The molecule has 3 rings (SSSR count). The summed E-state index contributed by atoms with van der Waals surface area (Å²) in [7, 11) is 0. The van der Waals surface area contributed by atoms with Crippen molar-refractivity contribution in [2.45, 2.75) is 32.7 Å². The van der Waals surface area contributed by atoms with E-state index in [0.29, 0.717) is 5.82 Å². The van der Waals surface area contributed by atoms with Crippen LogP contribution in [0.3, 0.4) is 0 Å². The number of aromatic nitrogens is 2. The number of benzene rings is 1. The van der Waals surface area contributed by atoms with Crippen LogP contribution in [0.4, 0.5) is 0 Å². The minimum absolute atomic E-state index is 0.0652. The number of hydrogen-bond acceptors (Lipinski definition) is 2. The summed E-state index contributed by atoms with van der Waals surface area (Å²) in [4.78, 5) is 16.8. The molecule has 0 saturated heterocycles. The Morgan fingerprint density at radius 3 is 2.63 bits per heavy atom. The van der Waals surface area contributed by atoms with Gasteiger partial charge in [0.2, 0.25) is 5.78 Å². The van der Waals surface area contributed by atoms with Crippen LogP contribution in [-0.2, 0) is 19.4 Å². The Bertz CT molecular complexity index is 575. The van der Waals surface area contributed by atoms with Crippen LogP contribution >= 0.6 is 0 Å². The number of fused-ring (bicyclic) bond motifs is 1. The average Bonchev–Trinajstić information content (AvgIpc) is 3.04. The lowest BCUT2D eigenvalue weighted by Gasteiger charge is -2.09. The lowest BCUT2D eigenvalue weighted by molar-refractivity contribution is 0.0909. The summed E-state index contributed by atoms with van der Waals surface area (Å²) >= 11 is 0.